The van der Waals surface area contributed by atoms with Crippen LogP contribution < -0.4 is 0 Å². The molecule has 0 bridgehead atoms. The van der Waals surface area contributed by atoms with Crippen molar-refractivity contribution in [3.8, 4) is 0 Å². The third-order valence-electron chi connectivity index (χ3n) is 4.67. The third kappa shape index (κ3) is 2.47. The quantitative estimate of drug-likeness (QED) is 0.874. The number of halogens is 1. The highest BCUT2D eigenvalue weighted by Crippen LogP contribution is 2.47. The van der Waals surface area contributed by atoms with Gasteiger partial charge in [-0.2, -0.15) is 0 Å². The fourth-order valence-electron chi connectivity index (χ4n) is 3.50. The molecule has 1 aliphatic carbocycles. The monoisotopic (exact) mass is 307 g/mol. The van der Waals surface area contributed by atoms with Crippen LogP contribution >= 0.6 is 11.6 Å². The average Bonchev–Trinajstić information content (AvgIpc) is 3.01. The zero-order valence-corrected chi connectivity index (χ0v) is 12.5. The van der Waals surface area contributed by atoms with E-state index < -0.39 is 11.5 Å². The summed E-state index contributed by atoms with van der Waals surface area (Å²) in [5.74, 6) is -0.288. The van der Waals surface area contributed by atoms with E-state index in [4.69, 9.17) is 11.6 Å². The van der Waals surface area contributed by atoms with Gasteiger partial charge in [-0.25, -0.2) is 0 Å². The predicted octanol–water partition coefficient (Wildman–Crippen LogP) is 2.69. The second-order valence-corrected chi connectivity index (χ2v) is 6.42. The summed E-state index contributed by atoms with van der Waals surface area (Å²) in [5, 5.41) is 10.7. The molecule has 0 radical (unpaired) electrons. The van der Waals surface area contributed by atoms with Crippen molar-refractivity contribution in [3.05, 3.63) is 34.9 Å². The van der Waals surface area contributed by atoms with Gasteiger partial charge in [-0.3, -0.25) is 14.5 Å². The summed E-state index contributed by atoms with van der Waals surface area (Å²) in [6, 6.07) is 6.95. The van der Waals surface area contributed by atoms with Crippen molar-refractivity contribution in [2.24, 2.45) is 5.41 Å². The van der Waals surface area contributed by atoms with E-state index in [9.17, 15) is 14.7 Å². The zero-order valence-electron chi connectivity index (χ0n) is 11.7. The normalized spacial score (nSPS) is 22.3. The molecule has 1 aromatic rings. The summed E-state index contributed by atoms with van der Waals surface area (Å²) in [5.41, 5.74) is 0.0595. The number of nitrogens with zero attached hydrogens (tertiary/aromatic N) is 1. The van der Waals surface area contributed by atoms with Crippen molar-refractivity contribution < 1.29 is 14.7 Å². The number of β-amino-alcohol motifs (C(OH)–C–C–N with tert-alkyl or cyclic N) is 1. The van der Waals surface area contributed by atoms with E-state index in [2.05, 4.69) is 0 Å². The highest BCUT2D eigenvalue weighted by molar-refractivity contribution is 6.31. The minimum absolute atomic E-state index is 0.0108. The Labute approximate surface area is 128 Å². The van der Waals surface area contributed by atoms with Gasteiger partial charge in [0.15, 0.2) is 0 Å². The molecule has 2 fully saturated rings. The van der Waals surface area contributed by atoms with E-state index in [-0.39, 0.29) is 18.4 Å². The van der Waals surface area contributed by atoms with Crippen LogP contribution in [0.25, 0.3) is 0 Å². The van der Waals surface area contributed by atoms with Crippen LogP contribution in [0.1, 0.15) is 43.8 Å². The molecule has 2 aliphatic rings. The van der Waals surface area contributed by atoms with Crippen LogP contribution in [-0.2, 0) is 9.59 Å². The fourth-order valence-corrected chi connectivity index (χ4v) is 3.77. The number of likely N-dealkylation sites (tertiary alicyclic amines) is 1. The minimum Gasteiger partial charge on any atom is -0.386 e. The van der Waals surface area contributed by atoms with Crippen molar-refractivity contribution in [2.45, 2.75) is 38.2 Å². The lowest BCUT2D eigenvalue weighted by Gasteiger charge is -2.23. The molecule has 2 amide bonds. The Balaban J connectivity index is 1.77. The van der Waals surface area contributed by atoms with E-state index in [1.54, 1.807) is 24.3 Å². The first-order chi connectivity index (χ1) is 10.0. The van der Waals surface area contributed by atoms with Gasteiger partial charge in [-0.15, -0.1) is 0 Å². The maximum Gasteiger partial charge on any atom is 0.236 e. The summed E-state index contributed by atoms with van der Waals surface area (Å²) in [7, 11) is 0. The highest BCUT2D eigenvalue weighted by Gasteiger charge is 2.52. The molecule has 1 atom stereocenters. The van der Waals surface area contributed by atoms with Crippen LogP contribution in [-0.4, -0.2) is 28.4 Å². The number of imide groups is 1. The van der Waals surface area contributed by atoms with Crippen LogP contribution in [0.4, 0.5) is 0 Å². The third-order valence-corrected chi connectivity index (χ3v) is 5.01. The van der Waals surface area contributed by atoms with Crippen LogP contribution in [0, 0.1) is 5.41 Å². The van der Waals surface area contributed by atoms with Crippen molar-refractivity contribution in [3.63, 3.8) is 0 Å². The number of carbonyl (C=O) groups excluding carboxylic acids is 2. The average molecular weight is 308 g/mol. The predicted molar refractivity (Wildman–Crippen MR) is 78.6 cm³/mol. The van der Waals surface area contributed by atoms with Crippen molar-refractivity contribution in [1.29, 1.82) is 0 Å². The molecule has 1 saturated carbocycles. The van der Waals surface area contributed by atoms with Gasteiger partial charge in [0.05, 0.1) is 18.1 Å². The van der Waals surface area contributed by atoms with Gasteiger partial charge in [-0.05, 0) is 18.9 Å². The van der Waals surface area contributed by atoms with Crippen molar-refractivity contribution in [1.82, 2.24) is 4.90 Å². The summed E-state index contributed by atoms with van der Waals surface area (Å²) in [6.45, 7) is -0.0108. The van der Waals surface area contributed by atoms with Crippen molar-refractivity contribution in [2.75, 3.05) is 6.54 Å². The molecule has 0 aromatic heterocycles. The number of amides is 2. The maximum atomic E-state index is 12.6. The van der Waals surface area contributed by atoms with Gasteiger partial charge >= 0.3 is 0 Å². The summed E-state index contributed by atoms with van der Waals surface area (Å²) in [6.07, 6.45) is 2.93. The number of hydrogen-bond acceptors (Lipinski definition) is 3. The lowest BCUT2D eigenvalue weighted by molar-refractivity contribution is -0.143. The summed E-state index contributed by atoms with van der Waals surface area (Å²) in [4.78, 5) is 25.9. The molecule has 5 heteroatoms. The smallest absolute Gasteiger partial charge is 0.236 e. The van der Waals surface area contributed by atoms with Gasteiger partial charge in [0.1, 0.15) is 0 Å². The van der Waals surface area contributed by atoms with E-state index in [1.807, 2.05) is 0 Å². The summed E-state index contributed by atoms with van der Waals surface area (Å²) >= 11 is 6.05. The number of hydrogen-bond donors (Lipinski definition) is 1. The Morgan fingerprint density at radius 3 is 2.57 bits per heavy atom. The zero-order chi connectivity index (χ0) is 15.0. The van der Waals surface area contributed by atoms with E-state index in [1.165, 1.54) is 4.90 Å². The molecule has 1 saturated heterocycles. The lowest BCUT2D eigenvalue weighted by Crippen LogP contribution is -2.37. The maximum absolute atomic E-state index is 12.6. The molecule has 1 heterocycles. The first-order valence-electron chi connectivity index (χ1n) is 7.31. The van der Waals surface area contributed by atoms with Gasteiger partial charge < -0.3 is 5.11 Å². The second-order valence-electron chi connectivity index (χ2n) is 6.01. The Hall–Kier alpha value is -1.39. The first kappa shape index (κ1) is 14.5. The Morgan fingerprint density at radius 2 is 1.90 bits per heavy atom. The van der Waals surface area contributed by atoms with Gasteiger partial charge in [0.2, 0.25) is 11.8 Å². The molecular weight excluding hydrogens is 290 g/mol. The Bertz CT molecular complexity index is 581. The minimum atomic E-state index is -0.942. The fraction of sp³-hybridized carbons (Fsp3) is 0.500. The van der Waals surface area contributed by atoms with Gasteiger partial charge in [0, 0.05) is 17.0 Å². The van der Waals surface area contributed by atoms with Crippen LogP contribution in [0.5, 0.6) is 0 Å². The SMILES string of the molecule is O=C1CC2(CCCC2)C(=O)N1CC(O)c1ccccc1Cl. The van der Waals surface area contributed by atoms with Crippen LogP contribution in [0.2, 0.25) is 5.02 Å². The first-order valence-corrected chi connectivity index (χ1v) is 7.69. The van der Waals surface area contributed by atoms with Gasteiger partial charge in [-0.1, -0.05) is 42.6 Å². The molecule has 4 nitrogen and oxygen atoms in total. The van der Waals surface area contributed by atoms with E-state index in [0.29, 0.717) is 17.0 Å². The van der Waals surface area contributed by atoms with Crippen molar-refractivity contribution >= 4 is 23.4 Å². The number of aliphatic hydroxyl groups is 1. The van der Waals surface area contributed by atoms with Crippen LogP contribution in [0.15, 0.2) is 24.3 Å². The number of carbonyl (C=O) groups is 2. The molecular formula is C16H18ClNO3. The molecule has 1 aliphatic heterocycles. The Morgan fingerprint density at radius 1 is 1.24 bits per heavy atom. The standard InChI is InChI=1S/C16H18ClNO3/c17-12-6-2-1-5-11(12)13(19)10-18-14(20)9-16(15(18)21)7-3-4-8-16/h1-2,5-6,13,19H,3-4,7-10H2. The summed E-state index contributed by atoms with van der Waals surface area (Å²) < 4.78 is 0. The lowest BCUT2D eigenvalue weighted by atomic mass is 9.84. The molecule has 1 unspecified atom stereocenters. The van der Waals surface area contributed by atoms with E-state index >= 15 is 0 Å². The molecule has 21 heavy (non-hydrogen) atoms. The van der Waals surface area contributed by atoms with E-state index in [0.717, 1.165) is 25.7 Å². The largest absolute Gasteiger partial charge is 0.386 e. The highest BCUT2D eigenvalue weighted by atomic mass is 35.5. The topological polar surface area (TPSA) is 57.6 Å². The number of rotatable bonds is 3. The number of aliphatic hydroxyl groups excluding tert-OH is 1. The Kier molecular flexibility index (Phi) is 3.76. The van der Waals surface area contributed by atoms with Gasteiger partial charge in [0.25, 0.3) is 0 Å². The number of benzene rings is 1. The molecule has 3 rings (SSSR count). The molecule has 1 aromatic carbocycles. The molecule has 1 spiro atoms. The second kappa shape index (κ2) is 5.43. The molecule has 112 valence electrons. The molecule has 1 N–H and O–H groups in total. The van der Waals surface area contributed by atoms with Crippen LogP contribution in [0.3, 0.4) is 0 Å².